The molecule has 0 saturated carbocycles. The Morgan fingerprint density at radius 1 is 1.07 bits per heavy atom. The van der Waals surface area contributed by atoms with Crippen molar-refractivity contribution >= 4 is 23.3 Å². The summed E-state index contributed by atoms with van der Waals surface area (Å²) in [6.07, 6.45) is 1.91. The number of anilines is 2. The number of quaternary nitrogens is 1. The molecular weight excluding hydrogens is 382 g/mol. The van der Waals surface area contributed by atoms with Crippen LogP contribution in [0.5, 0.6) is 5.75 Å². The van der Waals surface area contributed by atoms with Gasteiger partial charge in [-0.1, -0.05) is 18.2 Å². The van der Waals surface area contributed by atoms with Gasteiger partial charge in [0.2, 0.25) is 0 Å². The van der Waals surface area contributed by atoms with Crippen LogP contribution in [0.4, 0.5) is 11.5 Å². The first-order chi connectivity index (χ1) is 14.6. The number of carbonyl (C=O) groups is 2. The van der Waals surface area contributed by atoms with Crippen molar-refractivity contribution in [1.29, 1.82) is 0 Å². The maximum atomic E-state index is 12.8. The first-order valence-electron chi connectivity index (χ1n) is 10.4. The molecule has 1 saturated heterocycles. The summed E-state index contributed by atoms with van der Waals surface area (Å²) in [6, 6.07) is 13.3. The molecule has 2 amide bonds. The Morgan fingerprint density at radius 2 is 1.80 bits per heavy atom. The van der Waals surface area contributed by atoms with E-state index in [0.29, 0.717) is 37.6 Å². The van der Waals surface area contributed by atoms with Crippen LogP contribution in [0.2, 0.25) is 0 Å². The molecule has 0 aliphatic carbocycles. The third-order valence-corrected chi connectivity index (χ3v) is 5.36. The molecule has 1 atom stereocenters. The smallest absolute Gasteiger partial charge is 0.279 e. The second-order valence-electron chi connectivity index (χ2n) is 7.32. The van der Waals surface area contributed by atoms with Crippen LogP contribution in [-0.2, 0) is 9.59 Å². The van der Waals surface area contributed by atoms with Crippen LogP contribution in [0.15, 0.2) is 48.7 Å². The predicted octanol–water partition coefficient (Wildman–Crippen LogP) is -0.299. The lowest BCUT2D eigenvalue weighted by Crippen LogP contribution is -3.14. The van der Waals surface area contributed by atoms with Gasteiger partial charge in [0.05, 0.1) is 38.6 Å². The van der Waals surface area contributed by atoms with Crippen molar-refractivity contribution in [3.8, 4) is 5.75 Å². The second kappa shape index (κ2) is 10.6. The number of pyridine rings is 1. The van der Waals surface area contributed by atoms with Gasteiger partial charge in [-0.15, -0.1) is 0 Å². The van der Waals surface area contributed by atoms with E-state index >= 15 is 0 Å². The number of hydrogen-bond acceptors (Lipinski definition) is 4. The van der Waals surface area contributed by atoms with E-state index in [0.717, 1.165) is 23.8 Å². The number of ether oxygens (including phenoxy) is 1. The van der Waals surface area contributed by atoms with Gasteiger partial charge in [-0.3, -0.25) is 14.5 Å². The number of hydrogen-bond donors (Lipinski definition) is 2. The minimum atomic E-state index is -0.131. The summed E-state index contributed by atoms with van der Waals surface area (Å²) in [7, 11) is 1.57. The van der Waals surface area contributed by atoms with Gasteiger partial charge >= 0.3 is 0 Å². The van der Waals surface area contributed by atoms with Crippen molar-refractivity contribution in [2.24, 2.45) is 0 Å². The number of aromatic nitrogens is 1. The highest BCUT2D eigenvalue weighted by Crippen LogP contribution is 2.22. The maximum Gasteiger partial charge on any atom is 0.279 e. The standard InChI is InChI=1S/C22H29N5O3/c1-3-25(16-21(28)24-18-8-4-5-9-19(18)30-2)17-22(29)27-14-12-26(13-15-27)20-10-6-7-11-23-20/h4-11H,3,12-17H2,1-2H3,(H,24,28)/p+2. The number of H-pyrrole nitrogens is 1. The molecule has 3 N–H and O–H groups in total. The van der Waals surface area contributed by atoms with Gasteiger partial charge in [-0.2, -0.15) is 0 Å². The fourth-order valence-electron chi connectivity index (χ4n) is 3.58. The summed E-state index contributed by atoms with van der Waals surface area (Å²) in [5, 5.41) is 2.88. The largest absolute Gasteiger partial charge is 0.495 e. The number of benzene rings is 1. The Balaban J connectivity index is 1.48. The zero-order valence-corrected chi connectivity index (χ0v) is 17.7. The van der Waals surface area contributed by atoms with E-state index in [-0.39, 0.29) is 18.4 Å². The average Bonchev–Trinajstić information content (AvgIpc) is 2.79. The molecule has 2 heterocycles. The maximum absolute atomic E-state index is 12.8. The van der Waals surface area contributed by atoms with Crippen LogP contribution >= 0.6 is 0 Å². The van der Waals surface area contributed by atoms with Crippen molar-refractivity contribution in [3.63, 3.8) is 0 Å². The van der Waals surface area contributed by atoms with Crippen molar-refractivity contribution < 1.29 is 24.2 Å². The highest BCUT2D eigenvalue weighted by molar-refractivity contribution is 5.93. The minimum Gasteiger partial charge on any atom is -0.495 e. The van der Waals surface area contributed by atoms with Crippen molar-refractivity contribution in [2.75, 3.05) is 63.1 Å². The van der Waals surface area contributed by atoms with E-state index in [1.165, 1.54) is 0 Å². The van der Waals surface area contributed by atoms with E-state index in [9.17, 15) is 9.59 Å². The molecule has 1 unspecified atom stereocenters. The molecule has 1 aromatic heterocycles. The number of aromatic amines is 1. The summed E-state index contributed by atoms with van der Waals surface area (Å²) in [5.41, 5.74) is 0.639. The molecule has 0 radical (unpaired) electrons. The van der Waals surface area contributed by atoms with E-state index in [1.807, 2.05) is 48.4 Å². The Hall–Kier alpha value is -3.13. The van der Waals surface area contributed by atoms with Crippen molar-refractivity contribution in [3.05, 3.63) is 48.7 Å². The Morgan fingerprint density at radius 3 is 2.47 bits per heavy atom. The van der Waals surface area contributed by atoms with Crippen molar-refractivity contribution in [2.45, 2.75) is 6.92 Å². The van der Waals surface area contributed by atoms with E-state index in [4.69, 9.17) is 4.74 Å². The zero-order chi connectivity index (χ0) is 21.3. The van der Waals surface area contributed by atoms with Gasteiger partial charge < -0.3 is 19.9 Å². The first-order valence-corrected chi connectivity index (χ1v) is 10.4. The summed E-state index contributed by atoms with van der Waals surface area (Å²) < 4.78 is 5.27. The third kappa shape index (κ3) is 5.70. The number of para-hydroxylation sites is 2. The van der Waals surface area contributed by atoms with E-state index in [2.05, 4.69) is 15.2 Å². The second-order valence-corrected chi connectivity index (χ2v) is 7.32. The van der Waals surface area contributed by atoms with Gasteiger partial charge in [0.15, 0.2) is 13.1 Å². The molecule has 8 nitrogen and oxygen atoms in total. The van der Waals surface area contributed by atoms with Crippen LogP contribution in [0.3, 0.4) is 0 Å². The first kappa shape index (κ1) is 21.6. The molecule has 2 aromatic rings. The molecule has 1 aliphatic rings. The van der Waals surface area contributed by atoms with Gasteiger partial charge in [0.25, 0.3) is 17.6 Å². The normalized spacial score (nSPS) is 14.9. The monoisotopic (exact) mass is 413 g/mol. The van der Waals surface area contributed by atoms with Gasteiger partial charge in [-0.25, -0.2) is 4.98 Å². The average molecular weight is 414 g/mol. The summed E-state index contributed by atoms with van der Waals surface area (Å²) in [4.78, 5) is 33.6. The lowest BCUT2D eigenvalue weighted by molar-refractivity contribution is -0.882. The molecule has 1 aliphatic heterocycles. The minimum absolute atomic E-state index is 0.0913. The van der Waals surface area contributed by atoms with Crippen molar-refractivity contribution in [1.82, 2.24) is 4.90 Å². The third-order valence-electron chi connectivity index (χ3n) is 5.36. The SMILES string of the molecule is CC[NH+](CC(=O)Nc1ccccc1OC)CC(=O)N1CCN(c2cccc[nH+]2)CC1. The number of piperazine rings is 1. The zero-order valence-electron chi connectivity index (χ0n) is 17.7. The van der Waals surface area contributed by atoms with Crippen LogP contribution < -0.4 is 24.8 Å². The molecule has 1 aromatic carbocycles. The number of rotatable bonds is 8. The van der Waals surface area contributed by atoms with E-state index in [1.54, 1.807) is 19.2 Å². The fraction of sp³-hybridized carbons (Fsp3) is 0.409. The molecular formula is C22H31N5O3+2. The lowest BCUT2D eigenvalue weighted by atomic mass is 10.2. The summed E-state index contributed by atoms with van der Waals surface area (Å²) in [6.45, 7) is 6.20. The summed E-state index contributed by atoms with van der Waals surface area (Å²) in [5.74, 6) is 1.65. The predicted molar refractivity (Wildman–Crippen MR) is 115 cm³/mol. The molecule has 0 spiro atoms. The number of likely N-dealkylation sites (N-methyl/N-ethyl adjacent to an activating group) is 1. The highest BCUT2D eigenvalue weighted by atomic mass is 16.5. The summed E-state index contributed by atoms with van der Waals surface area (Å²) >= 11 is 0. The Bertz CT molecular complexity index is 838. The van der Waals surface area contributed by atoms with Gasteiger partial charge in [0.1, 0.15) is 18.8 Å². The highest BCUT2D eigenvalue weighted by Gasteiger charge is 2.28. The van der Waals surface area contributed by atoms with Crippen LogP contribution in [0.25, 0.3) is 0 Å². The molecule has 8 heteroatoms. The molecule has 0 bridgehead atoms. The Kier molecular flexibility index (Phi) is 7.62. The number of nitrogens with one attached hydrogen (secondary N) is 3. The van der Waals surface area contributed by atoms with E-state index < -0.39 is 0 Å². The van der Waals surface area contributed by atoms with Gasteiger partial charge in [-0.05, 0) is 25.1 Å². The molecule has 30 heavy (non-hydrogen) atoms. The molecule has 3 rings (SSSR count). The Labute approximate surface area is 177 Å². The van der Waals surface area contributed by atoms with Crippen LogP contribution in [0.1, 0.15) is 6.92 Å². The quantitative estimate of drug-likeness (QED) is 0.623. The molecule has 160 valence electrons. The number of nitrogens with zero attached hydrogens (tertiary/aromatic N) is 2. The van der Waals surface area contributed by atoms with Crippen LogP contribution in [-0.4, -0.2) is 69.6 Å². The number of methoxy groups -OCH3 is 1. The molecule has 1 fully saturated rings. The number of carbonyl (C=O) groups excluding carboxylic acids is 2. The van der Waals surface area contributed by atoms with Crippen LogP contribution in [0, 0.1) is 0 Å². The topological polar surface area (TPSA) is 80.5 Å². The fourth-order valence-corrected chi connectivity index (χ4v) is 3.58. The number of amides is 2. The lowest BCUT2D eigenvalue weighted by Gasteiger charge is -2.31. The van der Waals surface area contributed by atoms with Gasteiger partial charge in [0, 0.05) is 6.07 Å².